The molecular weight excluding hydrogens is 194 g/mol. The van der Waals surface area contributed by atoms with Crippen molar-refractivity contribution in [2.24, 2.45) is 5.73 Å². The molecule has 1 aliphatic carbocycles. The van der Waals surface area contributed by atoms with E-state index in [1.54, 1.807) is 0 Å². The largest absolute Gasteiger partial charge is 0.327 e. The van der Waals surface area contributed by atoms with E-state index >= 15 is 0 Å². The first-order valence-corrected chi connectivity index (χ1v) is 5.12. The second kappa shape index (κ2) is 4.81. The van der Waals surface area contributed by atoms with E-state index in [0.29, 0.717) is 12.0 Å². The van der Waals surface area contributed by atoms with Gasteiger partial charge in [-0.25, -0.2) is 0 Å². The van der Waals surface area contributed by atoms with Gasteiger partial charge >= 0.3 is 0 Å². The van der Waals surface area contributed by atoms with Crippen LogP contribution in [0.25, 0.3) is 0 Å². The molecule has 0 fully saturated rings. The van der Waals surface area contributed by atoms with Crippen molar-refractivity contribution >= 4 is 12.4 Å². The minimum atomic E-state index is 0. The van der Waals surface area contributed by atoms with Gasteiger partial charge in [-0.15, -0.1) is 12.4 Å². The molecule has 0 aromatic heterocycles. The second-order valence-corrected chi connectivity index (χ2v) is 4.06. The Morgan fingerprint density at radius 2 is 2.07 bits per heavy atom. The molecule has 2 atom stereocenters. The number of halogens is 1. The highest BCUT2D eigenvalue weighted by atomic mass is 35.5. The molecule has 1 aliphatic rings. The van der Waals surface area contributed by atoms with Crippen LogP contribution >= 0.6 is 12.4 Å². The Morgan fingerprint density at radius 3 is 2.79 bits per heavy atom. The predicted octanol–water partition coefficient (Wildman–Crippen LogP) is 2.88. The molecule has 2 rings (SSSR count). The molecule has 2 unspecified atom stereocenters. The van der Waals surface area contributed by atoms with Gasteiger partial charge in [-0.2, -0.15) is 0 Å². The molecule has 0 radical (unpaired) electrons. The van der Waals surface area contributed by atoms with Gasteiger partial charge in [-0.1, -0.05) is 24.3 Å². The minimum absolute atomic E-state index is 0. The molecule has 14 heavy (non-hydrogen) atoms. The summed E-state index contributed by atoms with van der Waals surface area (Å²) >= 11 is 0. The van der Waals surface area contributed by atoms with Gasteiger partial charge in [0.25, 0.3) is 0 Å². The summed E-state index contributed by atoms with van der Waals surface area (Å²) in [6, 6.07) is 9.02. The van der Waals surface area contributed by atoms with Crippen LogP contribution in [0.4, 0.5) is 0 Å². The minimum Gasteiger partial charge on any atom is -0.327 e. The summed E-state index contributed by atoms with van der Waals surface area (Å²) in [5, 5.41) is 0. The Balaban J connectivity index is 0.000000980. The quantitative estimate of drug-likeness (QED) is 0.760. The number of hydrogen-bond donors (Lipinski definition) is 1. The second-order valence-electron chi connectivity index (χ2n) is 4.06. The lowest BCUT2D eigenvalue weighted by Gasteiger charge is -2.28. The first-order valence-electron chi connectivity index (χ1n) is 5.12. The molecule has 1 aromatic rings. The highest BCUT2D eigenvalue weighted by Crippen LogP contribution is 2.32. The maximum atomic E-state index is 5.98. The van der Waals surface area contributed by atoms with Gasteiger partial charge in [-0.05, 0) is 43.2 Å². The molecular formula is C12H18ClN. The van der Waals surface area contributed by atoms with Crippen molar-refractivity contribution in [1.29, 1.82) is 0 Å². The normalized spacial score (nSPS) is 22.0. The lowest BCUT2D eigenvalue weighted by atomic mass is 9.79. The molecule has 78 valence electrons. The first-order chi connectivity index (χ1) is 6.29. The van der Waals surface area contributed by atoms with Crippen LogP contribution in [0.1, 0.15) is 36.8 Å². The van der Waals surface area contributed by atoms with E-state index in [4.69, 9.17) is 5.73 Å². The monoisotopic (exact) mass is 211 g/mol. The molecule has 0 aliphatic heterocycles. The van der Waals surface area contributed by atoms with Gasteiger partial charge in [0.1, 0.15) is 0 Å². The Bertz CT molecular complexity index is 296. The zero-order chi connectivity index (χ0) is 9.26. The van der Waals surface area contributed by atoms with Crippen LogP contribution in [0.15, 0.2) is 24.3 Å². The lowest BCUT2D eigenvalue weighted by molar-refractivity contribution is 0.485. The van der Waals surface area contributed by atoms with Gasteiger partial charge in [0.05, 0.1) is 0 Å². The van der Waals surface area contributed by atoms with Crippen LogP contribution < -0.4 is 5.73 Å². The van der Waals surface area contributed by atoms with Crippen LogP contribution in [-0.2, 0) is 6.42 Å². The third kappa shape index (κ3) is 2.10. The maximum Gasteiger partial charge on any atom is 0.00794 e. The topological polar surface area (TPSA) is 26.0 Å². The van der Waals surface area contributed by atoms with Crippen molar-refractivity contribution in [1.82, 2.24) is 0 Å². The van der Waals surface area contributed by atoms with E-state index < -0.39 is 0 Å². The van der Waals surface area contributed by atoms with Gasteiger partial charge in [0.15, 0.2) is 0 Å². The summed E-state index contributed by atoms with van der Waals surface area (Å²) in [5.41, 5.74) is 8.98. The van der Waals surface area contributed by atoms with Gasteiger partial charge in [0.2, 0.25) is 0 Å². The van der Waals surface area contributed by atoms with E-state index in [0.717, 1.165) is 0 Å². The van der Waals surface area contributed by atoms with Crippen LogP contribution in [0.3, 0.4) is 0 Å². The zero-order valence-electron chi connectivity index (χ0n) is 8.57. The van der Waals surface area contributed by atoms with Crippen molar-refractivity contribution in [2.45, 2.75) is 38.1 Å². The SMILES string of the molecule is CC(N)C1CCCc2ccccc21.Cl. The van der Waals surface area contributed by atoms with E-state index in [1.165, 1.54) is 30.4 Å². The smallest absolute Gasteiger partial charge is 0.00794 e. The van der Waals surface area contributed by atoms with E-state index in [-0.39, 0.29) is 12.4 Å². The lowest BCUT2D eigenvalue weighted by Crippen LogP contribution is -2.27. The van der Waals surface area contributed by atoms with Gasteiger partial charge in [-0.3, -0.25) is 0 Å². The van der Waals surface area contributed by atoms with Gasteiger partial charge < -0.3 is 5.73 Å². The Morgan fingerprint density at radius 1 is 1.36 bits per heavy atom. The van der Waals surface area contributed by atoms with Crippen LogP contribution in [-0.4, -0.2) is 6.04 Å². The maximum absolute atomic E-state index is 5.98. The van der Waals surface area contributed by atoms with Crippen molar-refractivity contribution < 1.29 is 0 Å². The molecule has 0 saturated heterocycles. The van der Waals surface area contributed by atoms with Gasteiger partial charge in [0, 0.05) is 6.04 Å². The number of fused-ring (bicyclic) bond motifs is 1. The number of rotatable bonds is 1. The Hall–Kier alpha value is -0.530. The van der Waals surface area contributed by atoms with E-state index in [9.17, 15) is 0 Å². The van der Waals surface area contributed by atoms with Crippen molar-refractivity contribution in [3.05, 3.63) is 35.4 Å². The number of aryl methyl sites for hydroxylation is 1. The number of hydrogen-bond acceptors (Lipinski definition) is 1. The fourth-order valence-corrected chi connectivity index (χ4v) is 2.34. The molecule has 0 bridgehead atoms. The highest BCUT2D eigenvalue weighted by Gasteiger charge is 2.22. The third-order valence-electron chi connectivity index (χ3n) is 3.05. The van der Waals surface area contributed by atoms with Crippen molar-refractivity contribution in [3.63, 3.8) is 0 Å². The number of benzene rings is 1. The van der Waals surface area contributed by atoms with Crippen molar-refractivity contribution in [2.75, 3.05) is 0 Å². The molecule has 2 heteroatoms. The Kier molecular flexibility index (Phi) is 3.97. The molecule has 1 aromatic carbocycles. The standard InChI is InChI=1S/C12H17N.ClH/c1-9(13)11-8-4-6-10-5-2-3-7-12(10)11;/h2-3,5,7,9,11H,4,6,8,13H2,1H3;1H. The average Bonchev–Trinajstić information content (AvgIpc) is 2.17. The predicted molar refractivity (Wildman–Crippen MR) is 63.0 cm³/mol. The summed E-state index contributed by atoms with van der Waals surface area (Å²) in [4.78, 5) is 0. The number of nitrogens with two attached hydrogens (primary N) is 1. The summed E-state index contributed by atoms with van der Waals surface area (Å²) in [7, 11) is 0. The van der Waals surface area contributed by atoms with Crippen molar-refractivity contribution in [3.8, 4) is 0 Å². The molecule has 0 heterocycles. The van der Waals surface area contributed by atoms with E-state index in [2.05, 4.69) is 31.2 Å². The zero-order valence-corrected chi connectivity index (χ0v) is 9.39. The fourth-order valence-electron chi connectivity index (χ4n) is 2.34. The van der Waals surface area contributed by atoms with E-state index in [1.807, 2.05) is 0 Å². The van der Waals surface area contributed by atoms with Crippen LogP contribution in [0, 0.1) is 0 Å². The molecule has 1 nitrogen and oxygen atoms in total. The summed E-state index contributed by atoms with van der Waals surface area (Å²) < 4.78 is 0. The summed E-state index contributed by atoms with van der Waals surface area (Å²) in [6.45, 7) is 2.12. The molecule has 0 saturated carbocycles. The summed E-state index contributed by atoms with van der Waals surface area (Å²) in [5.74, 6) is 0.588. The van der Waals surface area contributed by atoms with Crippen LogP contribution in [0.5, 0.6) is 0 Å². The highest BCUT2D eigenvalue weighted by molar-refractivity contribution is 5.85. The fraction of sp³-hybridized carbons (Fsp3) is 0.500. The molecule has 0 amide bonds. The first kappa shape index (κ1) is 11.5. The molecule has 0 spiro atoms. The average molecular weight is 212 g/mol. The summed E-state index contributed by atoms with van der Waals surface area (Å²) in [6.07, 6.45) is 3.79. The Labute approximate surface area is 92.1 Å². The third-order valence-corrected chi connectivity index (χ3v) is 3.05. The van der Waals surface area contributed by atoms with Crippen LogP contribution in [0.2, 0.25) is 0 Å². The molecule has 2 N–H and O–H groups in total.